The van der Waals surface area contributed by atoms with Crippen LogP contribution in [0.25, 0.3) is 0 Å². The first-order valence-electron chi connectivity index (χ1n) is 8.43. The van der Waals surface area contributed by atoms with E-state index < -0.39 is 5.91 Å². The number of hydrogen-bond acceptors (Lipinski definition) is 6. The summed E-state index contributed by atoms with van der Waals surface area (Å²) in [6, 6.07) is 14.6. The van der Waals surface area contributed by atoms with Gasteiger partial charge in [-0.2, -0.15) is 0 Å². The molecule has 0 fully saturated rings. The molecule has 3 rings (SSSR count). The maximum atomic E-state index is 12.6. The number of ether oxygens (including phenoxy) is 2. The molecule has 144 valence electrons. The summed E-state index contributed by atoms with van der Waals surface area (Å²) in [5.41, 5.74) is 1.73. The van der Waals surface area contributed by atoms with Gasteiger partial charge < -0.3 is 20.1 Å². The predicted molar refractivity (Wildman–Crippen MR) is 108 cm³/mol. The first kappa shape index (κ1) is 19.4. The second kappa shape index (κ2) is 9.05. The molecule has 7 nitrogen and oxygen atoms in total. The highest BCUT2D eigenvalue weighted by atomic mass is 35.5. The number of nitrogens with one attached hydrogen (secondary N) is 2. The molecule has 0 aliphatic heterocycles. The lowest BCUT2D eigenvalue weighted by atomic mass is 10.2. The Bertz CT molecular complexity index is 967. The fraction of sp³-hybridized carbons (Fsp3) is 0.150. The van der Waals surface area contributed by atoms with Crippen LogP contribution in [0.3, 0.4) is 0 Å². The number of rotatable bonds is 7. The molecule has 0 atom stereocenters. The monoisotopic (exact) mass is 398 g/mol. The van der Waals surface area contributed by atoms with Crippen LogP contribution in [-0.2, 0) is 6.54 Å². The number of anilines is 2. The number of methoxy groups -OCH3 is 2. The van der Waals surface area contributed by atoms with Gasteiger partial charge in [-0.15, -0.1) is 0 Å². The Labute approximate surface area is 167 Å². The van der Waals surface area contributed by atoms with Crippen molar-refractivity contribution >= 4 is 29.0 Å². The molecule has 0 aliphatic rings. The summed E-state index contributed by atoms with van der Waals surface area (Å²) < 4.78 is 10.5. The Balaban J connectivity index is 1.74. The highest BCUT2D eigenvalue weighted by Crippen LogP contribution is 2.36. The van der Waals surface area contributed by atoms with E-state index >= 15 is 0 Å². The molecule has 3 aromatic rings. The lowest BCUT2D eigenvalue weighted by Crippen LogP contribution is -2.15. The zero-order chi connectivity index (χ0) is 19.9. The van der Waals surface area contributed by atoms with Gasteiger partial charge in [0, 0.05) is 24.7 Å². The Kier molecular flexibility index (Phi) is 6.29. The molecule has 0 radical (unpaired) electrons. The Morgan fingerprint density at radius 2 is 1.79 bits per heavy atom. The molecular formula is C20H19ClN4O3. The van der Waals surface area contributed by atoms with Gasteiger partial charge in [-0.3, -0.25) is 4.79 Å². The van der Waals surface area contributed by atoms with Crippen LogP contribution in [0.5, 0.6) is 11.5 Å². The molecule has 2 aromatic carbocycles. The van der Waals surface area contributed by atoms with Crippen LogP contribution < -0.4 is 20.1 Å². The van der Waals surface area contributed by atoms with Gasteiger partial charge in [0.1, 0.15) is 29.3 Å². The Hall–Kier alpha value is -3.32. The predicted octanol–water partition coefficient (Wildman–Crippen LogP) is 4.01. The molecule has 0 saturated heterocycles. The van der Waals surface area contributed by atoms with Crippen LogP contribution in [0, 0.1) is 0 Å². The number of nitrogens with zero attached hydrogens (tertiary/aromatic N) is 2. The van der Waals surface area contributed by atoms with Crippen molar-refractivity contribution in [3.8, 4) is 11.5 Å². The molecule has 0 bridgehead atoms. The normalized spacial score (nSPS) is 10.2. The summed E-state index contributed by atoms with van der Waals surface area (Å²) in [6.07, 6.45) is 1.34. The van der Waals surface area contributed by atoms with Gasteiger partial charge in [-0.25, -0.2) is 9.97 Å². The molecule has 1 amide bonds. The molecule has 1 heterocycles. The summed E-state index contributed by atoms with van der Waals surface area (Å²) in [4.78, 5) is 20.8. The molecule has 1 aromatic heterocycles. The fourth-order valence-corrected chi connectivity index (χ4v) is 2.74. The Morgan fingerprint density at radius 1 is 1.04 bits per heavy atom. The van der Waals surface area contributed by atoms with E-state index in [1.165, 1.54) is 20.5 Å². The SMILES string of the molecule is COc1cc(NC(=O)c2cc(NCc3ccccc3)ncn2)c(OC)cc1Cl. The summed E-state index contributed by atoms with van der Waals surface area (Å²) in [7, 11) is 2.98. The van der Waals surface area contributed by atoms with E-state index in [-0.39, 0.29) is 5.69 Å². The number of aromatic nitrogens is 2. The second-order valence-electron chi connectivity index (χ2n) is 5.77. The van der Waals surface area contributed by atoms with E-state index in [1.807, 2.05) is 30.3 Å². The van der Waals surface area contributed by atoms with E-state index in [9.17, 15) is 4.79 Å². The van der Waals surface area contributed by atoms with Crippen molar-refractivity contribution in [1.82, 2.24) is 9.97 Å². The average molecular weight is 399 g/mol. The minimum Gasteiger partial charge on any atom is -0.495 e. The van der Waals surface area contributed by atoms with Crippen molar-refractivity contribution in [3.05, 3.63) is 71.1 Å². The largest absolute Gasteiger partial charge is 0.495 e. The van der Waals surface area contributed by atoms with Gasteiger partial charge in [-0.1, -0.05) is 41.9 Å². The maximum absolute atomic E-state index is 12.6. The lowest BCUT2D eigenvalue weighted by Gasteiger charge is -2.13. The number of carbonyl (C=O) groups is 1. The lowest BCUT2D eigenvalue weighted by molar-refractivity contribution is 0.102. The van der Waals surface area contributed by atoms with Crippen LogP contribution in [0.2, 0.25) is 5.02 Å². The van der Waals surface area contributed by atoms with Crippen LogP contribution in [0.1, 0.15) is 16.1 Å². The minimum absolute atomic E-state index is 0.210. The fourth-order valence-electron chi connectivity index (χ4n) is 2.51. The standard InChI is InChI=1S/C20H19ClN4O3/c1-27-17-9-15(18(28-2)8-14(17)21)25-20(26)16-10-19(24-12-23-16)22-11-13-6-4-3-5-7-13/h3-10,12H,11H2,1-2H3,(H,25,26)(H,22,23,24). The number of hydrogen-bond donors (Lipinski definition) is 2. The molecule has 28 heavy (non-hydrogen) atoms. The van der Waals surface area contributed by atoms with Crippen LogP contribution >= 0.6 is 11.6 Å². The van der Waals surface area contributed by atoms with E-state index in [1.54, 1.807) is 18.2 Å². The molecule has 0 saturated carbocycles. The molecule has 8 heteroatoms. The van der Waals surface area contributed by atoms with Crippen molar-refractivity contribution < 1.29 is 14.3 Å². The van der Waals surface area contributed by atoms with Gasteiger partial charge >= 0.3 is 0 Å². The van der Waals surface area contributed by atoms with Crippen molar-refractivity contribution in [2.24, 2.45) is 0 Å². The first-order chi connectivity index (χ1) is 13.6. The molecule has 0 unspecified atom stereocenters. The maximum Gasteiger partial charge on any atom is 0.274 e. The number of amides is 1. The first-order valence-corrected chi connectivity index (χ1v) is 8.81. The number of benzene rings is 2. The van der Waals surface area contributed by atoms with Gasteiger partial charge in [0.25, 0.3) is 5.91 Å². The van der Waals surface area contributed by atoms with Gasteiger partial charge in [0.05, 0.1) is 24.9 Å². The van der Waals surface area contributed by atoms with Crippen LogP contribution in [0.4, 0.5) is 11.5 Å². The number of halogens is 1. The van der Waals surface area contributed by atoms with Gasteiger partial charge in [0.15, 0.2) is 0 Å². The van der Waals surface area contributed by atoms with Crippen LogP contribution in [0.15, 0.2) is 54.9 Å². The molecule has 2 N–H and O–H groups in total. The van der Waals surface area contributed by atoms with E-state index in [2.05, 4.69) is 20.6 Å². The quantitative estimate of drug-likeness (QED) is 0.625. The highest BCUT2D eigenvalue weighted by Gasteiger charge is 2.15. The molecule has 0 aliphatic carbocycles. The zero-order valence-electron chi connectivity index (χ0n) is 15.4. The zero-order valence-corrected chi connectivity index (χ0v) is 16.2. The topological polar surface area (TPSA) is 85.4 Å². The second-order valence-corrected chi connectivity index (χ2v) is 6.18. The smallest absolute Gasteiger partial charge is 0.274 e. The van der Waals surface area contributed by atoms with E-state index in [0.717, 1.165) is 5.56 Å². The molecular weight excluding hydrogens is 380 g/mol. The van der Waals surface area contributed by atoms with Crippen molar-refractivity contribution in [3.63, 3.8) is 0 Å². The minimum atomic E-state index is -0.409. The average Bonchev–Trinajstić information content (AvgIpc) is 2.74. The van der Waals surface area contributed by atoms with Crippen LogP contribution in [-0.4, -0.2) is 30.1 Å². The third-order valence-corrected chi connectivity index (χ3v) is 4.23. The Morgan fingerprint density at radius 3 is 2.50 bits per heavy atom. The van der Waals surface area contributed by atoms with E-state index in [0.29, 0.717) is 34.6 Å². The third-order valence-electron chi connectivity index (χ3n) is 3.94. The highest BCUT2D eigenvalue weighted by molar-refractivity contribution is 6.32. The summed E-state index contributed by atoms with van der Waals surface area (Å²) >= 11 is 6.09. The van der Waals surface area contributed by atoms with Crippen molar-refractivity contribution in [2.75, 3.05) is 24.9 Å². The van der Waals surface area contributed by atoms with E-state index in [4.69, 9.17) is 21.1 Å². The van der Waals surface area contributed by atoms with Crippen molar-refractivity contribution in [2.45, 2.75) is 6.54 Å². The number of carbonyl (C=O) groups excluding carboxylic acids is 1. The summed E-state index contributed by atoms with van der Waals surface area (Å²) in [6.45, 7) is 0.584. The van der Waals surface area contributed by atoms with Gasteiger partial charge in [-0.05, 0) is 5.56 Å². The van der Waals surface area contributed by atoms with Crippen molar-refractivity contribution in [1.29, 1.82) is 0 Å². The molecule has 0 spiro atoms. The third kappa shape index (κ3) is 4.69. The summed E-state index contributed by atoms with van der Waals surface area (Å²) in [5, 5.41) is 6.32. The summed E-state index contributed by atoms with van der Waals surface area (Å²) in [5.74, 6) is 0.971. The van der Waals surface area contributed by atoms with Gasteiger partial charge in [0.2, 0.25) is 0 Å².